The molecule has 0 aliphatic heterocycles. The smallest absolute Gasteiger partial charge is 0.144 e. The molecule has 6 heteroatoms. The highest BCUT2D eigenvalue weighted by molar-refractivity contribution is 5.57. The Bertz CT molecular complexity index is 376. The lowest BCUT2D eigenvalue weighted by atomic mass is 10.2. The maximum atomic E-state index is 8.83. The molecule has 0 atom stereocenters. The third kappa shape index (κ3) is 3.73. The van der Waals surface area contributed by atoms with Crippen LogP contribution in [0.2, 0.25) is 0 Å². The summed E-state index contributed by atoms with van der Waals surface area (Å²) in [5.41, 5.74) is 6.37. The van der Waals surface area contributed by atoms with Crippen LogP contribution in [0.1, 0.15) is 5.56 Å². The lowest BCUT2D eigenvalue weighted by Gasteiger charge is -2.07. The summed E-state index contributed by atoms with van der Waals surface area (Å²) in [6, 6.07) is 3.56. The van der Waals surface area contributed by atoms with Crippen molar-refractivity contribution in [2.75, 3.05) is 37.4 Å². The maximum absolute atomic E-state index is 8.83. The number of aliphatic hydroxyl groups is 1. The van der Waals surface area contributed by atoms with E-state index in [1.165, 1.54) is 6.20 Å². The van der Waals surface area contributed by atoms with Crippen molar-refractivity contribution in [3.8, 4) is 6.07 Å². The first-order valence-electron chi connectivity index (χ1n) is 4.86. The number of nitriles is 1. The van der Waals surface area contributed by atoms with Crippen molar-refractivity contribution in [2.45, 2.75) is 0 Å². The predicted molar refractivity (Wildman–Crippen MR) is 59.8 cm³/mol. The molecular weight excluding hydrogens is 208 g/mol. The normalized spacial score (nSPS) is 9.75. The summed E-state index contributed by atoms with van der Waals surface area (Å²) in [5, 5.41) is 20.3. The van der Waals surface area contributed by atoms with Gasteiger partial charge in [0.15, 0.2) is 0 Å². The Labute approximate surface area is 93.7 Å². The van der Waals surface area contributed by atoms with Crippen molar-refractivity contribution in [1.82, 2.24) is 4.98 Å². The molecule has 0 bridgehead atoms. The fraction of sp³-hybridized carbons (Fsp3) is 0.400. The van der Waals surface area contributed by atoms with Gasteiger partial charge in [-0.15, -0.1) is 0 Å². The van der Waals surface area contributed by atoms with Gasteiger partial charge in [0.05, 0.1) is 37.3 Å². The van der Waals surface area contributed by atoms with E-state index in [1.54, 1.807) is 6.07 Å². The molecule has 4 N–H and O–H groups in total. The third-order valence-electron chi connectivity index (χ3n) is 1.80. The number of hydrogen-bond donors (Lipinski definition) is 3. The van der Waals surface area contributed by atoms with E-state index < -0.39 is 0 Å². The minimum Gasteiger partial charge on any atom is -0.397 e. The molecule has 0 saturated heterocycles. The zero-order valence-electron chi connectivity index (χ0n) is 8.81. The van der Waals surface area contributed by atoms with Crippen molar-refractivity contribution in [3.05, 3.63) is 17.8 Å². The van der Waals surface area contributed by atoms with E-state index in [-0.39, 0.29) is 6.61 Å². The van der Waals surface area contributed by atoms with Gasteiger partial charge in [-0.1, -0.05) is 0 Å². The van der Waals surface area contributed by atoms with Gasteiger partial charge in [0.1, 0.15) is 11.9 Å². The number of aliphatic hydroxyl groups excluding tert-OH is 1. The quantitative estimate of drug-likeness (QED) is 0.583. The van der Waals surface area contributed by atoms with Crippen LogP contribution in [0.15, 0.2) is 12.3 Å². The number of nitrogen functional groups attached to an aromatic ring is 1. The zero-order chi connectivity index (χ0) is 11.8. The highest BCUT2D eigenvalue weighted by Gasteiger charge is 2.02. The molecule has 0 saturated carbocycles. The summed E-state index contributed by atoms with van der Waals surface area (Å²) < 4.78 is 5.05. The monoisotopic (exact) mass is 222 g/mol. The summed E-state index contributed by atoms with van der Waals surface area (Å²) in [5.74, 6) is 0.490. The number of ether oxygens (including phenoxy) is 1. The average Bonchev–Trinajstić information content (AvgIpc) is 2.30. The highest BCUT2D eigenvalue weighted by atomic mass is 16.5. The van der Waals surface area contributed by atoms with Crippen LogP contribution in [0.4, 0.5) is 11.5 Å². The van der Waals surface area contributed by atoms with Crippen molar-refractivity contribution in [1.29, 1.82) is 5.26 Å². The lowest BCUT2D eigenvalue weighted by Crippen LogP contribution is -2.13. The molecule has 1 rings (SSSR count). The Hall–Kier alpha value is -1.84. The summed E-state index contributed by atoms with van der Waals surface area (Å²) in [4.78, 5) is 4.00. The number of aromatic nitrogens is 1. The van der Waals surface area contributed by atoms with E-state index in [0.717, 1.165) is 0 Å². The van der Waals surface area contributed by atoms with Crippen LogP contribution < -0.4 is 11.1 Å². The molecule has 16 heavy (non-hydrogen) atoms. The van der Waals surface area contributed by atoms with Gasteiger partial charge in [0.25, 0.3) is 0 Å². The summed E-state index contributed by atoms with van der Waals surface area (Å²) in [6.45, 7) is 1.27. The van der Waals surface area contributed by atoms with Crippen molar-refractivity contribution in [2.24, 2.45) is 0 Å². The number of hydrogen-bond acceptors (Lipinski definition) is 6. The summed E-state index contributed by atoms with van der Waals surface area (Å²) in [7, 11) is 0. The number of rotatable bonds is 6. The Kier molecular flexibility index (Phi) is 5.05. The van der Waals surface area contributed by atoms with Crippen LogP contribution in [0.3, 0.4) is 0 Å². The number of nitrogens with one attached hydrogen (secondary N) is 1. The minimum atomic E-state index is 0.00354. The van der Waals surface area contributed by atoms with E-state index >= 15 is 0 Å². The van der Waals surface area contributed by atoms with Gasteiger partial charge in [-0.3, -0.25) is 0 Å². The second-order valence-electron chi connectivity index (χ2n) is 3.04. The molecule has 1 aromatic rings. The maximum Gasteiger partial charge on any atom is 0.144 e. The van der Waals surface area contributed by atoms with Crippen LogP contribution in [0, 0.1) is 11.3 Å². The fourth-order valence-corrected chi connectivity index (χ4v) is 1.12. The van der Waals surface area contributed by atoms with Crippen molar-refractivity contribution in [3.63, 3.8) is 0 Å². The van der Waals surface area contributed by atoms with Gasteiger partial charge in [-0.2, -0.15) is 5.26 Å². The molecule has 0 aliphatic rings. The van der Waals surface area contributed by atoms with Gasteiger partial charge in [-0.25, -0.2) is 4.98 Å². The van der Waals surface area contributed by atoms with Crippen LogP contribution in [0.5, 0.6) is 0 Å². The van der Waals surface area contributed by atoms with Crippen LogP contribution >= 0.6 is 0 Å². The number of pyridine rings is 1. The Balaban J connectivity index is 2.45. The predicted octanol–water partition coefficient (Wildman–Crippen LogP) is -0.0437. The van der Waals surface area contributed by atoms with Crippen molar-refractivity contribution < 1.29 is 9.84 Å². The molecule has 86 valence electrons. The van der Waals surface area contributed by atoms with E-state index in [9.17, 15) is 0 Å². The molecule has 0 spiro atoms. The largest absolute Gasteiger partial charge is 0.397 e. The fourth-order valence-electron chi connectivity index (χ4n) is 1.12. The van der Waals surface area contributed by atoms with Gasteiger partial charge in [-0.05, 0) is 6.07 Å². The third-order valence-corrected chi connectivity index (χ3v) is 1.80. The van der Waals surface area contributed by atoms with E-state index in [0.29, 0.717) is 36.8 Å². The van der Waals surface area contributed by atoms with Gasteiger partial charge in [0.2, 0.25) is 0 Å². The second kappa shape index (κ2) is 6.61. The molecule has 1 heterocycles. The first-order chi connectivity index (χ1) is 7.77. The molecule has 1 aromatic heterocycles. The summed E-state index contributed by atoms with van der Waals surface area (Å²) >= 11 is 0. The van der Waals surface area contributed by atoms with E-state index in [4.69, 9.17) is 20.8 Å². The molecule has 0 fully saturated rings. The summed E-state index contributed by atoms with van der Waals surface area (Å²) in [6.07, 6.45) is 1.48. The first-order valence-corrected chi connectivity index (χ1v) is 4.86. The Morgan fingerprint density at radius 2 is 2.38 bits per heavy atom. The van der Waals surface area contributed by atoms with Gasteiger partial charge >= 0.3 is 0 Å². The molecule has 0 unspecified atom stereocenters. The van der Waals surface area contributed by atoms with Crippen molar-refractivity contribution >= 4 is 11.5 Å². The lowest BCUT2D eigenvalue weighted by molar-refractivity contribution is 0.0992. The first kappa shape index (κ1) is 12.2. The standard InChI is InChI=1S/C10H14N4O2/c11-6-8-5-9(12)7-14-10(8)13-1-3-16-4-2-15/h5,7,15H,1-4,12H2,(H,13,14). The van der Waals surface area contributed by atoms with Crippen LogP contribution in [-0.2, 0) is 4.74 Å². The SMILES string of the molecule is N#Cc1cc(N)cnc1NCCOCCO. The molecule has 0 amide bonds. The van der Waals surface area contributed by atoms with Crippen LogP contribution in [-0.4, -0.2) is 36.5 Å². The average molecular weight is 222 g/mol. The molecule has 0 aromatic carbocycles. The van der Waals surface area contributed by atoms with E-state index in [1.807, 2.05) is 6.07 Å². The van der Waals surface area contributed by atoms with E-state index in [2.05, 4.69) is 10.3 Å². The van der Waals surface area contributed by atoms with Gasteiger partial charge in [0, 0.05) is 6.54 Å². The number of nitrogens with zero attached hydrogens (tertiary/aromatic N) is 2. The molecule has 0 aliphatic carbocycles. The number of anilines is 2. The number of nitrogens with two attached hydrogens (primary N) is 1. The molecular formula is C10H14N4O2. The minimum absolute atomic E-state index is 0.00354. The van der Waals surface area contributed by atoms with Crippen LogP contribution in [0.25, 0.3) is 0 Å². The zero-order valence-corrected chi connectivity index (χ0v) is 8.81. The topological polar surface area (TPSA) is 104 Å². The molecule has 6 nitrogen and oxygen atoms in total. The van der Waals surface area contributed by atoms with Gasteiger partial charge < -0.3 is 20.9 Å². The Morgan fingerprint density at radius 3 is 3.06 bits per heavy atom. The highest BCUT2D eigenvalue weighted by Crippen LogP contribution is 2.13. The second-order valence-corrected chi connectivity index (χ2v) is 3.04. The Morgan fingerprint density at radius 1 is 1.56 bits per heavy atom. The molecule has 0 radical (unpaired) electrons.